The van der Waals surface area contributed by atoms with E-state index in [0.717, 1.165) is 19.3 Å². The molecule has 0 radical (unpaired) electrons. The van der Waals surface area contributed by atoms with Gasteiger partial charge in [-0.15, -0.1) is 0 Å². The maximum atomic E-state index is 13.2. The Bertz CT molecular complexity index is 829. The van der Waals surface area contributed by atoms with Crippen LogP contribution in [0.1, 0.15) is 40.0 Å². The van der Waals surface area contributed by atoms with Crippen LogP contribution in [-0.4, -0.2) is 56.5 Å². The quantitative estimate of drug-likeness (QED) is 0.492. The van der Waals surface area contributed by atoms with Gasteiger partial charge in [-0.2, -0.15) is 4.31 Å². The molecule has 2 fully saturated rings. The van der Waals surface area contributed by atoms with E-state index in [1.807, 2.05) is 25.7 Å². The third-order valence-corrected chi connectivity index (χ3v) is 7.61. The molecular formula is C20H31N3O5S. The normalized spacial score (nSPS) is 25.8. The monoisotopic (exact) mass is 425 g/mol. The van der Waals surface area contributed by atoms with E-state index < -0.39 is 14.9 Å². The summed E-state index contributed by atoms with van der Waals surface area (Å²) in [6, 6.07) is 4.28. The Hall–Kier alpha value is -1.71. The van der Waals surface area contributed by atoms with E-state index in [1.54, 1.807) is 6.07 Å². The van der Waals surface area contributed by atoms with Crippen LogP contribution in [0.15, 0.2) is 23.1 Å². The van der Waals surface area contributed by atoms with E-state index in [1.165, 1.54) is 16.4 Å². The topological polar surface area (TPSA) is 93.0 Å². The molecular weight excluding hydrogens is 394 g/mol. The highest BCUT2D eigenvalue weighted by atomic mass is 32.2. The standard InChI is InChI=1S/C20H31N3O5S/c1-4-21(14-17-6-5-9-28-17)19-8-7-18(11-20(19)23(24)25)29(26,27)22-12-15(2)10-16(3)13-22/h7-8,11,15-17H,4-6,9-10,12-14H2,1-3H3/t15-,16+,17-/m1/s1. The predicted molar refractivity (Wildman–Crippen MR) is 112 cm³/mol. The first-order valence-corrected chi connectivity index (χ1v) is 11.8. The SMILES string of the molecule is CCN(C[C@H]1CCCO1)c1ccc(S(=O)(=O)N2C[C@H](C)C[C@H](C)C2)cc1[N+](=O)[O-]. The highest BCUT2D eigenvalue weighted by Gasteiger charge is 2.33. The number of benzene rings is 1. The summed E-state index contributed by atoms with van der Waals surface area (Å²) >= 11 is 0. The summed E-state index contributed by atoms with van der Waals surface area (Å²) in [5.74, 6) is 0.537. The molecule has 2 aliphatic rings. The number of likely N-dealkylation sites (N-methyl/N-ethyl adjacent to an activating group) is 1. The zero-order valence-electron chi connectivity index (χ0n) is 17.4. The second-order valence-electron chi connectivity index (χ2n) is 8.35. The molecule has 0 aromatic heterocycles. The van der Waals surface area contributed by atoms with Crippen molar-refractivity contribution in [3.8, 4) is 0 Å². The minimum atomic E-state index is -3.77. The molecule has 1 aromatic carbocycles. The average molecular weight is 426 g/mol. The third kappa shape index (κ3) is 4.90. The number of sulfonamides is 1. The van der Waals surface area contributed by atoms with E-state index in [-0.39, 0.29) is 28.5 Å². The molecule has 0 N–H and O–H groups in total. The fraction of sp³-hybridized carbons (Fsp3) is 0.700. The van der Waals surface area contributed by atoms with Gasteiger partial charge in [0.05, 0.1) is 15.9 Å². The predicted octanol–water partition coefficient (Wildman–Crippen LogP) is 3.27. The van der Waals surface area contributed by atoms with Crippen molar-refractivity contribution in [2.24, 2.45) is 11.8 Å². The largest absolute Gasteiger partial charge is 0.376 e. The van der Waals surface area contributed by atoms with Crippen LogP contribution >= 0.6 is 0 Å². The molecule has 0 amide bonds. The number of hydrogen-bond acceptors (Lipinski definition) is 6. The average Bonchev–Trinajstić information content (AvgIpc) is 3.18. The van der Waals surface area contributed by atoms with Crippen LogP contribution in [0.2, 0.25) is 0 Å². The number of ether oxygens (including phenoxy) is 1. The first kappa shape index (κ1) is 22.0. The molecule has 2 aliphatic heterocycles. The molecule has 0 unspecified atom stereocenters. The van der Waals surface area contributed by atoms with Crippen LogP contribution in [0, 0.1) is 22.0 Å². The molecule has 3 rings (SSSR count). The van der Waals surface area contributed by atoms with Gasteiger partial charge >= 0.3 is 0 Å². The number of hydrogen-bond donors (Lipinski definition) is 0. The maximum Gasteiger partial charge on any atom is 0.293 e. The van der Waals surface area contributed by atoms with Crippen LogP contribution in [0.5, 0.6) is 0 Å². The molecule has 0 saturated carbocycles. The van der Waals surface area contributed by atoms with E-state index in [0.29, 0.717) is 38.5 Å². The van der Waals surface area contributed by atoms with Crippen molar-refractivity contribution in [1.82, 2.24) is 4.31 Å². The molecule has 29 heavy (non-hydrogen) atoms. The Morgan fingerprint density at radius 2 is 1.97 bits per heavy atom. The lowest BCUT2D eigenvalue weighted by Crippen LogP contribution is -2.42. The van der Waals surface area contributed by atoms with Gasteiger partial charge in [-0.1, -0.05) is 13.8 Å². The molecule has 162 valence electrons. The fourth-order valence-electron chi connectivity index (χ4n) is 4.46. The van der Waals surface area contributed by atoms with Gasteiger partial charge in [0.1, 0.15) is 5.69 Å². The third-order valence-electron chi connectivity index (χ3n) is 5.79. The van der Waals surface area contributed by atoms with E-state index in [4.69, 9.17) is 4.74 Å². The Kier molecular flexibility index (Phi) is 6.80. The van der Waals surface area contributed by atoms with Crippen molar-refractivity contribution in [1.29, 1.82) is 0 Å². The molecule has 0 spiro atoms. The first-order chi connectivity index (χ1) is 13.7. The van der Waals surface area contributed by atoms with Crippen molar-refractivity contribution >= 4 is 21.4 Å². The van der Waals surface area contributed by atoms with Crippen LogP contribution in [0.3, 0.4) is 0 Å². The number of rotatable bonds is 7. The molecule has 1 aromatic rings. The van der Waals surface area contributed by atoms with Crippen LogP contribution in [0.25, 0.3) is 0 Å². The lowest BCUT2D eigenvalue weighted by Gasteiger charge is -2.34. The first-order valence-electron chi connectivity index (χ1n) is 10.4. The number of nitrogens with zero attached hydrogens (tertiary/aromatic N) is 3. The summed E-state index contributed by atoms with van der Waals surface area (Å²) in [4.78, 5) is 13.2. The molecule has 0 bridgehead atoms. The van der Waals surface area contributed by atoms with Gasteiger partial charge < -0.3 is 9.64 Å². The van der Waals surface area contributed by atoms with Gasteiger partial charge in [0.15, 0.2) is 0 Å². The molecule has 2 saturated heterocycles. The second kappa shape index (κ2) is 8.97. The van der Waals surface area contributed by atoms with Gasteiger partial charge in [0, 0.05) is 38.9 Å². The van der Waals surface area contributed by atoms with Gasteiger partial charge in [0.2, 0.25) is 10.0 Å². The lowest BCUT2D eigenvalue weighted by atomic mass is 9.94. The number of anilines is 1. The van der Waals surface area contributed by atoms with Crippen molar-refractivity contribution < 1.29 is 18.1 Å². The molecule has 2 heterocycles. The zero-order chi connectivity index (χ0) is 21.2. The summed E-state index contributed by atoms with van der Waals surface area (Å²) < 4.78 is 33.4. The highest BCUT2D eigenvalue weighted by Crippen LogP contribution is 2.34. The summed E-state index contributed by atoms with van der Waals surface area (Å²) in [6.07, 6.45) is 2.96. The van der Waals surface area contributed by atoms with Crippen molar-refractivity contribution in [2.45, 2.75) is 51.0 Å². The highest BCUT2D eigenvalue weighted by molar-refractivity contribution is 7.89. The maximum absolute atomic E-state index is 13.2. The summed E-state index contributed by atoms with van der Waals surface area (Å²) in [5.41, 5.74) is 0.261. The van der Waals surface area contributed by atoms with E-state index >= 15 is 0 Å². The van der Waals surface area contributed by atoms with Crippen LogP contribution in [-0.2, 0) is 14.8 Å². The van der Waals surface area contributed by atoms with Crippen molar-refractivity contribution in [2.75, 3.05) is 37.7 Å². The Morgan fingerprint density at radius 3 is 2.52 bits per heavy atom. The van der Waals surface area contributed by atoms with E-state index in [9.17, 15) is 18.5 Å². The Morgan fingerprint density at radius 1 is 1.28 bits per heavy atom. The number of nitro benzene ring substituents is 1. The smallest absolute Gasteiger partial charge is 0.293 e. The molecule has 3 atom stereocenters. The minimum absolute atomic E-state index is 0.0116. The fourth-order valence-corrected chi connectivity index (χ4v) is 6.16. The van der Waals surface area contributed by atoms with Crippen LogP contribution in [0.4, 0.5) is 11.4 Å². The number of nitro groups is 1. The zero-order valence-corrected chi connectivity index (χ0v) is 18.2. The van der Waals surface area contributed by atoms with E-state index in [2.05, 4.69) is 0 Å². The van der Waals surface area contributed by atoms with Gasteiger partial charge in [0.25, 0.3) is 5.69 Å². The summed E-state index contributed by atoms with van der Waals surface area (Å²) in [5, 5.41) is 11.8. The Balaban J connectivity index is 1.91. The minimum Gasteiger partial charge on any atom is -0.376 e. The lowest BCUT2D eigenvalue weighted by molar-refractivity contribution is -0.384. The van der Waals surface area contributed by atoms with Crippen LogP contribution < -0.4 is 4.90 Å². The van der Waals surface area contributed by atoms with Gasteiger partial charge in [-0.25, -0.2) is 8.42 Å². The Labute approximate surface area is 173 Å². The van der Waals surface area contributed by atoms with Crippen molar-refractivity contribution in [3.63, 3.8) is 0 Å². The van der Waals surface area contributed by atoms with Crippen molar-refractivity contribution in [3.05, 3.63) is 28.3 Å². The second-order valence-corrected chi connectivity index (χ2v) is 10.3. The summed E-state index contributed by atoms with van der Waals surface area (Å²) in [6.45, 7) is 8.75. The van der Waals surface area contributed by atoms with Gasteiger partial charge in [-0.3, -0.25) is 10.1 Å². The van der Waals surface area contributed by atoms with Gasteiger partial charge in [-0.05, 0) is 50.2 Å². The molecule has 9 heteroatoms. The summed E-state index contributed by atoms with van der Waals surface area (Å²) in [7, 11) is -3.77. The number of piperidine rings is 1. The molecule has 8 nitrogen and oxygen atoms in total. The molecule has 0 aliphatic carbocycles.